The highest BCUT2D eigenvalue weighted by atomic mass is 35.5. The number of halogens is 2. The van der Waals surface area contributed by atoms with E-state index in [0.29, 0.717) is 0 Å². The van der Waals surface area contributed by atoms with Crippen molar-refractivity contribution < 1.29 is 0 Å². The molecule has 1 aliphatic rings. The fraction of sp³-hybridized carbons (Fsp3) is 0.294. The molecule has 0 unspecified atom stereocenters. The van der Waals surface area contributed by atoms with Crippen molar-refractivity contribution in [2.24, 2.45) is 0 Å². The molecular weight excluding hydrogens is 289 g/mol. The van der Waals surface area contributed by atoms with E-state index in [0.717, 1.165) is 42.5 Å². The van der Waals surface area contributed by atoms with Gasteiger partial charge in [-0.2, -0.15) is 0 Å². The van der Waals surface area contributed by atoms with Crippen LogP contribution < -0.4 is 0 Å². The minimum Gasteiger partial charge on any atom is -0.298 e. The Labute approximate surface area is 130 Å². The van der Waals surface area contributed by atoms with Crippen molar-refractivity contribution in [2.75, 3.05) is 13.1 Å². The molecule has 0 fully saturated rings. The van der Waals surface area contributed by atoms with E-state index in [9.17, 15) is 0 Å². The average molecular weight is 306 g/mol. The zero-order chi connectivity index (χ0) is 13.9. The first-order valence-corrected chi connectivity index (χ1v) is 7.71. The predicted octanol–water partition coefficient (Wildman–Crippen LogP) is 4.59. The van der Waals surface area contributed by atoms with E-state index in [1.165, 1.54) is 16.7 Å². The minimum atomic E-state index is 0.799. The third kappa shape index (κ3) is 3.17. The molecule has 1 aliphatic heterocycles. The monoisotopic (exact) mass is 305 g/mol. The van der Waals surface area contributed by atoms with Gasteiger partial charge >= 0.3 is 0 Å². The van der Waals surface area contributed by atoms with Gasteiger partial charge in [0.05, 0.1) is 0 Å². The molecule has 1 nitrogen and oxygen atoms in total. The molecule has 1 heterocycles. The maximum absolute atomic E-state index is 6.30. The summed E-state index contributed by atoms with van der Waals surface area (Å²) in [5, 5.41) is 1.70. The Kier molecular flexibility index (Phi) is 4.30. The van der Waals surface area contributed by atoms with Crippen molar-refractivity contribution in [3.8, 4) is 0 Å². The normalized spacial score (nSPS) is 15.1. The second-order valence-corrected chi connectivity index (χ2v) is 6.12. The summed E-state index contributed by atoms with van der Waals surface area (Å²) in [6, 6.07) is 14.4. The summed E-state index contributed by atoms with van der Waals surface area (Å²) in [6.07, 6.45) is 2.15. The van der Waals surface area contributed by atoms with Crippen molar-refractivity contribution in [3.05, 3.63) is 69.2 Å². The van der Waals surface area contributed by atoms with Gasteiger partial charge in [0.25, 0.3) is 0 Å². The molecule has 3 rings (SSSR count). The van der Waals surface area contributed by atoms with E-state index < -0.39 is 0 Å². The Bertz CT molecular complexity index is 592. The van der Waals surface area contributed by atoms with Gasteiger partial charge in [0.15, 0.2) is 0 Å². The minimum absolute atomic E-state index is 0.799. The van der Waals surface area contributed by atoms with E-state index in [2.05, 4.69) is 23.1 Å². The zero-order valence-electron chi connectivity index (χ0n) is 11.3. The lowest BCUT2D eigenvalue weighted by Gasteiger charge is -2.29. The maximum Gasteiger partial charge on any atom is 0.0453 e. The molecule has 0 aliphatic carbocycles. The summed E-state index contributed by atoms with van der Waals surface area (Å²) >= 11 is 12.2. The standard InChI is InChI=1S/C17H17Cl2N/c18-15-6-4-13(5-7-15)8-10-20-11-9-14-2-1-3-17(19)16(14)12-20/h1-7H,8-12H2. The first-order valence-electron chi connectivity index (χ1n) is 6.95. The summed E-state index contributed by atoms with van der Waals surface area (Å²) in [6.45, 7) is 3.13. The van der Waals surface area contributed by atoms with Crippen LogP contribution in [-0.2, 0) is 19.4 Å². The van der Waals surface area contributed by atoms with Crippen LogP contribution in [0.1, 0.15) is 16.7 Å². The SMILES string of the molecule is Clc1ccc(CCN2CCc3cccc(Cl)c3C2)cc1. The van der Waals surface area contributed by atoms with Gasteiger partial charge in [0.1, 0.15) is 0 Å². The molecule has 0 spiro atoms. The van der Waals surface area contributed by atoms with E-state index in [-0.39, 0.29) is 0 Å². The van der Waals surface area contributed by atoms with Gasteiger partial charge in [-0.15, -0.1) is 0 Å². The van der Waals surface area contributed by atoms with E-state index >= 15 is 0 Å². The molecule has 0 atom stereocenters. The van der Waals surface area contributed by atoms with Gasteiger partial charge < -0.3 is 0 Å². The molecular formula is C17H17Cl2N. The van der Waals surface area contributed by atoms with Crippen molar-refractivity contribution in [2.45, 2.75) is 19.4 Å². The van der Waals surface area contributed by atoms with Crippen molar-refractivity contribution in [1.29, 1.82) is 0 Å². The fourth-order valence-electron chi connectivity index (χ4n) is 2.72. The zero-order valence-corrected chi connectivity index (χ0v) is 12.8. The molecule has 0 bridgehead atoms. The van der Waals surface area contributed by atoms with Crippen LogP contribution in [0.5, 0.6) is 0 Å². The third-order valence-electron chi connectivity index (χ3n) is 3.92. The Morgan fingerprint density at radius 3 is 2.60 bits per heavy atom. The summed E-state index contributed by atoms with van der Waals surface area (Å²) < 4.78 is 0. The second-order valence-electron chi connectivity index (χ2n) is 5.28. The summed E-state index contributed by atoms with van der Waals surface area (Å²) in [5.74, 6) is 0. The Morgan fingerprint density at radius 1 is 1.00 bits per heavy atom. The summed E-state index contributed by atoms with van der Waals surface area (Å²) in [5.41, 5.74) is 4.04. The van der Waals surface area contributed by atoms with E-state index in [4.69, 9.17) is 23.2 Å². The van der Waals surface area contributed by atoms with Crippen LogP contribution >= 0.6 is 23.2 Å². The van der Waals surface area contributed by atoms with Gasteiger partial charge in [0.2, 0.25) is 0 Å². The largest absolute Gasteiger partial charge is 0.298 e. The van der Waals surface area contributed by atoms with E-state index in [1.54, 1.807) is 0 Å². The van der Waals surface area contributed by atoms with Crippen molar-refractivity contribution in [3.63, 3.8) is 0 Å². The molecule has 3 heteroatoms. The fourth-order valence-corrected chi connectivity index (χ4v) is 3.10. The van der Waals surface area contributed by atoms with Crippen LogP contribution in [0.4, 0.5) is 0 Å². The number of nitrogens with zero attached hydrogens (tertiary/aromatic N) is 1. The Hall–Kier alpha value is -1.02. The maximum atomic E-state index is 6.30. The first-order chi connectivity index (χ1) is 9.72. The van der Waals surface area contributed by atoms with Crippen LogP contribution in [0.2, 0.25) is 10.0 Å². The van der Waals surface area contributed by atoms with E-state index in [1.807, 2.05) is 24.3 Å². The smallest absolute Gasteiger partial charge is 0.0453 e. The van der Waals surface area contributed by atoms with Gasteiger partial charge in [-0.3, -0.25) is 4.90 Å². The number of hydrogen-bond donors (Lipinski definition) is 0. The van der Waals surface area contributed by atoms with Crippen LogP contribution in [0.15, 0.2) is 42.5 Å². The molecule has 0 N–H and O–H groups in total. The van der Waals surface area contributed by atoms with Crippen molar-refractivity contribution >= 4 is 23.2 Å². The van der Waals surface area contributed by atoms with Gasteiger partial charge in [-0.25, -0.2) is 0 Å². The van der Waals surface area contributed by atoms with Gasteiger partial charge in [0, 0.05) is 29.7 Å². The summed E-state index contributed by atoms with van der Waals surface area (Å²) in [4.78, 5) is 2.48. The third-order valence-corrected chi connectivity index (χ3v) is 4.53. The second kappa shape index (κ2) is 6.17. The molecule has 104 valence electrons. The number of benzene rings is 2. The Balaban J connectivity index is 1.63. The van der Waals surface area contributed by atoms with Crippen LogP contribution in [0, 0.1) is 0 Å². The molecule has 0 amide bonds. The van der Waals surface area contributed by atoms with Crippen molar-refractivity contribution in [1.82, 2.24) is 4.90 Å². The quantitative estimate of drug-likeness (QED) is 0.801. The van der Waals surface area contributed by atoms with Crippen LogP contribution in [0.3, 0.4) is 0 Å². The lowest BCUT2D eigenvalue weighted by atomic mass is 9.99. The highest BCUT2D eigenvalue weighted by Gasteiger charge is 2.17. The highest BCUT2D eigenvalue weighted by molar-refractivity contribution is 6.31. The van der Waals surface area contributed by atoms with Crippen LogP contribution in [0.25, 0.3) is 0 Å². The number of rotatable bonds is 3. The molecule has 0 radical (unpaired) electrons. The summed E-state index contributed by atoms with van der Waals surface area (Å²) in [7, 11) is 0. The average Bonchev–Trinajstić information content (AvgIpc) is 2.47. The van der Waals surface area contributed by atoms with Gasteiger partial charge in [-0.1, -0.05) is 47.5 Å². The molecule has 2 aromatic carbocycles. The van der Waals surface area contributed by atoms with Crippen LogP contribution in [-0.4, -0.2) is 18.0 Å². The number of hydrogen-bond acceptors (Lipinski definition) is 1. The first kappa shape index (κ1) is 13.9. The molecule has 0 saturated carbocycles. The number of fused-ring (bicyclic) bond motifs is 1. The van der Waals surface area contributed by atoms with Gasteiger partial charge in [-0.05, 0) is 47.7 Å². The highest BCUT2D eigenvalue weighted by Crippen LogP contribution is 2.26. The Morgan fingerprint density at radius 2 is 1.80 bits per heavy atom. The molecule has 20 heavy (non-hydrogen) atoms. The topological polar surface area (TPSA) is 3.24 Å². The molecule has 0 saturated heterocycles. The lowest BCUT2D eigenvalue weighted by molar-refractivity contribution is 0.257. The molecule has 0 aromatic heterocycles. The lowest BCUT2D eigenvalue weighted by Crippen LogP contribution is -2.32. The molecule has 2 aromatic rings. The predicted molar refractivity (Wildman–Crippen MR) is 85.6 cm³/mol.